The highest BCUT2D eigenvalue weighted by Gasteiger charge is 2.49. The zero-order valence-corrected chi connectivity index (χ0v) is 35.4. The van der Waals surface area contributed by atoms with Crippen LogP contribution in [0.3, 0.4) is 0 Å². The summed E-state index contributed by atoms with van der Waals surface area (Å²) >= 11 is 0. The number of rotatable bonds is 22. The average Bonchev–Trinajstić information content (AvgIpc) is 3.86. The minimum absolute atomic E-state index is 0.00994. The average molecular weight is 868 g/mol. The molecule has 7 N–H and O–H groups in total. The lowest BCUT2D eigenvalue weighted by molar-refractivity contribution is -0.143. The molecule has 4 aromatic rings. The Labute approximate surface area is 349 Å². The number of sulfonamides is 1. The lowest BCUT2D eigenvalue weighted by Crippen LogP contribution is -2.52. The summed E-state index contributed by atoms with van der Waals surface area (Å²) in [5.41, 5.74) is 1.45. The number of hydrogen-bond donors (Lipinski definition) is 7. The first kappa shape index (κ1) is 45.9. The zero-order valence-electron chi connectivity index (χ0n) is 33.7. The highest BCUT2D eigenvalue weighted by atomic mass is 32.2. The summed E-state index contributed by atoms with van der Waals surface area (Å²) in [4.78, 5) is 67.9. The van der Waals surface area contributed by atoms with Gasteiger partial charge in [0.15, 0.2) is 0 Å². The number of aliphatic carboxylic acids is 1. The Bertz CT molecular complexity index is 2250. The summed E-state index contributed by atoms with van der Waals surface area (Å²) in [5.74, 6) is -3.70. The minimum Gasteiger partial charge on any atom is -0.497 e. The van der Waals surface area contributed by atoms with Gasteiger partial charge in [0.05, 0.1) is 18.8 Å². The van der Waals surface area contributed by atoms with Crippen LogP contribution < -0.4 is 25.4 Å². The first-order chi connectivity index (χ1) is 28.6. The van der Waals surface area contributed by atoms with Crippen molar-refractivity contribution in [2.24, 2.45) is 5.41 Å². The number of benzene rings is 3. The number of fused-ring (bicyclic) bond motifs is 1. The van der Waals surface area contributed by atoms with Crippen LogP contribution in [0.1, 0.15) is 61.6 Å². The van der Waals surface area contributed by atoms with E-state index in [2.05, 4.69) is 25.7 Å². The van der Waals surface area contributed by atoms with Gasteiger partial charge >= 0.3 is 12.1 Å². The van der Waals surface area contributed by atoms with Gasteiger partial charge in [-0.25, -0.2) is 22.7 Å². The Morgan fingerprint density at radius 3 is 2.23 bits per heavy atom. The van der Waals surface area contributed by atoms with Crippen molar-refractivity contribution in [2.75, 3.05) is 26.1 Å². The maximum Gasteiger partial charge on any atom is 0.407 e. The van der Waals surface area contributed by atoms with Crippen molar-refractivity contribution in [3.63, 3.8) is 0 Å². The Morgan fingerprint density at radius 2 is 1.57 bits per heavy atom. The van der Waals surface area contributed by atoms with Crippen LogP contribution in [-0.2, 0) is 53.2 Å². The molecule has 324 valence electrons. The van der Waals surface area contributed by atoms with E-state index >= 15 is 0 Å². The number of nitrogens with one attached hydrogen (secondary N) is 5. The number of carbonyl (C=O) groups is 4. The highest BCUT2D eigenvalue weighted by Crippen LogP contribution is 2.55. The van der Waals surface area contributed by atoms with Gasteiger partial charge < -0.3 is 40.4 Å². The van der Waals surface area contributed by atoms with Crippen molar-refractivity contribution < 1.29 is 51.6 Å². The molecule has 4 atom stereocenters. The first-order valence-electron chi connectivity index (χ1n) is 19.8. The van der Waals surface area contributed by atoms with E-state index in [-0.39, 0.29) is 51.7 Å². The number of unbranched alkanes of at least 4 members (excludes halogenated alkanes) is 1. The number of aromatic nitrogens is 1. The van der Waals surface area contributed by atoms with E-state index < -0.39 is 70.7 Å². The van der Waals surface area contributed by atoms with Crippen molar-refractivity contribution in [2.45, 2.75) is 82.3 Å². The molecule has 1 fully saturated rings. The van der Waals surface area contributed by atoms with Gasteiger partial charge in [0.1, 0.15) is 30.2 Å². The number of alkyl carbamates (subject to hydrolysis) is 1. The second-order valence-electron chi connectivity index (χ2n) is 15.3. The number of para-hydroxylation sites is 1. The number of carboxylic acid groups (broad SMARTS) is 1. The number of hydrogen-bond acceptors (Lipinski definition) is 9. The lowest BCUT2D eigenvalue weighted by Gasteiger charge is -2.34. The molecule has 16 nitrogen and oxygen atoms in total. The normalized spacial score (nSPS) is 16.2. The maximum absolute atomic E-state index is 14.7. The molecule has 0 unspecified atom stereocenters. The van der Waals surface area contributed by atoms with Gasteiger partial charge in [0.2, 0.25) is 29.2 Å². The van der Waals surface area contributed by atoms with E-state index in [1.54, 1.807) is 30.5 Å². The number of H-pyrrole nitrogens is 1. The molecule has 0 radical (unpaired) electrons. The number of amides is 3. The molecular formula is C42H54N5O11PS. The number of methoxy groups -OCH3 is 1. The summed E-state index contributed by atoms with van der Waals surface area (Å²) in [7, 11) is -6.99. The Balaban J connectivity index is 1.30. The fraction of sp³-hybridized carbons (Fsp3) is 0.429. The van der Waals surface area contributed by atoms with Crippen LogP contribution in [-0.4, -0.2) is 91.2 Å². The third-order valence-corrected chi connectivity index (χ3v) is 13.8. The van der Waals surface area contributed by atoms with Crippen LogP contribution in [0.15, 0.2) is 85.1 Å². The molecule has 0 bridgehead atoms. The van der Waals surface area contributed by atoms with E-state index in [0.29, 0.717) is 36.1 Å². The van der Waals surface area contributed by atoms with Crippen molar-refractivity contribution in [3.8, 4) is 5.75 Å². The Hall–Kier alpha value is -5.22. The van der Waals surface area contributed by atoms with Gasteiger partial charge in [-0.15, -0.1) is 0 Å². The summed E-state index contributed by atoms with van der Waals surface area (Å²) in [5, 5.41) is 19.0. The summed E-state index contributed by atoms with van der Waals surface area (Å²) in [6.45, 7) is 0.265. The number of carbonyl (C=O) groups excluding carboxylic acids is 3. The molecule has 3 amide bonds. The Kier molecular flexibility index (Phi) is 15.9. The summed E-state index contributed by atoms with van der Waals surface area (Å²) in [6, 6.07) is 20.5. The van der Waals surface area contributed by atoms with Crippen molar-refractivity contribution >= 4 is 52.2 Å². The van der Waals surface area contributed by atoms with E-state index in [4.69, 9.17) is 9.47 Å². The molecule has 1 aliphatic rings. The number of ether oxygens (including phenoxy) is 2. The molecule has 60 heavy (non-hydrogen) atoms. The smallest absolute Gasteiger partial charge is 0.407 e. The van der Waals surface area contributed by atoms with Crippen LogP contribution in [0.25, 0.3) is 10.9 Å². The van der Waals surface area contributed by atoms with Gasteiger partial charge in [0.25, 0.3) is 0 Å². The predicted molar refractivity (Wildman–Crippen MR) is 226 cm³/mol. The van der Waals surface area contributed by atoms with E-state index in [0.717, 1.165) is 22.7 Å². The molecule has 5 rings (SSSR count). The Morgan fingerprint density at radius 1 is 0.883 bits per heavy atom. The molecule has 1 aliphatic carbocycles. The molecule has 3 aromatic carbocycles. The molecule has 1 saturated carbocycles. The van der Waals surface area contributed by atoms with Crippen LogP contribution in [0.5, 0.6) is 5.75 Å². The van der Waals surface area contributed by atoms with Crippen LogP contribution in [0, 0.1) is 5.41 Å². The topological polar surface area (TPSA) is 242 Å². The number of carboxylic acids is 1. The van der Waals surface area contributed by atoms with E-state index in [1.807, 2.05) is 54.6 Å². The van der Waals surface area contributed by atoms with Gasteiger partial charge in [-0.3, -0.25) is 14.2 Å². The molecular weight excluding hydrogens is 814 g/mol. The third-order valence-electron chi connectivity index (χ3n) is 10.7. The quantitative estimate of drug-likeness (QED) is 0.0417. The molecule has 1 aromatic heterocycles. The van der Waals surface area contributed by atoms with Gasteiger partial charge in [0, 0.05) is 42.6 Å². The van der Waals surface area contributed by atoms with Crippen molar-refractivity contribution in [3.05, 3.63) is 102 Å². The van der Waals surface area contributed by atoms with Crippen molar-refractivity contribution in [1.29, 1.82) is 0 Å². The fourth-order valence-corrected chi connectivity index (χ4v) is 10.7. The largest absolute Gasteiger partial charge is 0.497 e. The molecule has 18 heteroatoms. The van der Waals surface area contributed by atoms with E-state index in [1.165, 1.54) is 7.11 Å². The predicted octanol–water partition coefficient (Wildman–Crippen LogP) is 4.82. The maximum atomic E-state index is 14.7. The monoisotopic (exact) mass is 867 g/mol. The van der Waals surface area contributed by atoms with Crippen LogP contribution >= 0.6 is 7.37 Å². The van der Waals surface area contributed by atoms with Crippen LogP contribution in [0.4, 0.5) is 4.79 Å². The number of aromatic amines is 1. The van der Waals surface area contributed by atoms with E-state index in [9.17, 15) is 42.2 Å². The minimum atomic E-state index is -4.55. The summed E-state index contributed by atoms with van der Waals surface area (Å²) < 4.78 is 52.4. The second kappa shape index (κ2) is 20.8. The standard InChI is InChI=1S/C42H54N5O11PS/c1-57-32-19-17-29(18-20-32)24-37(46-38(48)35(47-60(2,55)56)16-8-11-23-43-41(52)58-27-30-12-4-3-5-13-30)59(53,54)28-42(21-9-10-22-42)40(51)45-36(39(49)50)25-31-26-44-34-15-7-6-14-33(31)34/h3-7,12-15,17-20,26,35-37,44,47H,8-11,16,21-25,27-28H2,1-2H3,(H,43,52)(H,45,51)(H,46,48)(H,49,50)(H,53,54)/t35-,36-,37+/m0/s1. The highest BCUT2D eigenvalue weighted by molar-refractivity contribution is 7.88. The molecule has 1 heterocycles. The first-order valence-corrected chi connectivity index (χ1v) is 23.6. The van der Waals surface area contributed by atoms with Gasteiger partial charge in [-0.1, -0.05) is 73.5 Å². The summed E-state index contributed by atoms with van der Waals surface area (Å²) in [6.07, 6.45) is 3.41. The van der Waals surface area contributed by atoms with Gasteiger partial charge in [-0.2, -0.15) is 0 Å². The SMILES string of the molecule is COc1ccc(C[C@H](NC(=O)[C@H](CCCCNC(=O)OCc2ccccc2)NS(C)(=O)=O)[P@@](=O)(O)CC2(C(=O)N[C@@H](Cc3c[nH]c4ccccc34)C(=O)O)CCCC2)cc1. The van der Waals surface area contributed by atoms with Crippen molar-refractivity contribution in [1.82, 2.24) is 25.7 Å². The molecule has 0 aliphatic heterocycles. The molecule has 0 saturated heterocycles. The van der Waals surface area contributed by atoms with Crippen LogP contribution in [0.2, 0.25) is 0 Å². The third kappa shape index (κ3) is 13.1. The lowest BCUT2D eigenvalue weighted by atomic mass is 9.87. The van der Waals surface area contributed by atoms with Gasteiger partial charge in [-0.05, 0) is 67.0 Å². The fourth-order valence-electron chi connectivity index (χ4n) is 7.57. The zero-order chi connectivity index (χ0) is 43.3. The second-order valence-corrected chi connectivity index (χ2v) is 19.6. The molecule has 0 spiro atoms.